The molecular weight excluding hydrogens is 354 g/mol. The van der Waals surface area contributed by atoms with Crippen LogP contribution in [0, 0.1) is 6.92 Å². The van der Waals surface area contributed by atoms with Crippen molar-refractivity contribution >= 4 is 11.7 Å². The van der Waals surface area contributed by atoms with E-state index in [0.29, 0.717) is 17.4 Å². The largest absolute Gasteiger partial charge is 0.495 e. The van der Waals surface area contributed by atoms with Crippen LogP contribution in [0.25, 0.3) is 0 Å². The average molecular weight is 377 g/mol. The maximum absolute atomic E-state index is 12.9. The Bertz CT molecular complexity index is 984. The van der Waals surface area contributed by atoms with E-state index in [9.17, 15) is 4.79 Å². The first-order chi connectivity index (χ1) is 13.7. The zero-order valence-electron chi connectivity index (χ0n) is 16.0. The lowest BCUT2D eigenvalue weighted by Crippen LogP contribution is -2.34. The molecule has 1 aromatic heterocycles. The Morgan fingerprint density at radius 3 is 2.71 bits per heavy atom. The van der Waals surface area contributed by atoms with Crippen LogP contribution in [-0.4, -0.2) is 28.3 Å². The van der Waals surface area contributed by atoms with Crippen molar-refractivity contribution in [2.75, 3.05) is 12.4 Å². The number of amides is 2. The van der Waals surface area contributed by atoms with E-state index in [2.05, 4.69) is 31.9 Å². The maximum atomic E-state index is 12.9. The van der Waals surface area contributed by atoms with Gasteiger partial charge < -0.3 is 15.4 Å². The highest BCUT2D eigenvalue weighted by Gasteiger charge is 2.24. The second-order valence-electron chi connectivity index (χ2n) is 6.86. The molecule has 2 amide bonds. The highest BCUT2D eigenvalue weighted by molar-refractivity contribution is 5.93. The Morgan fingerprint density at radius 1 is 1.18 bits per heavy atom. The summed E-state index contributed by atoms with van der Waals surface area (Å²) in [4.78, 5) is 17.3. The summed E-state index contributed by atoms with van der Waals surface area (Å²) >= 11 is 0. The number of urea groups is 1. The standard InChI is InChI=1S/C21H23N5O2/c1-13-22-20(26-25-13)18(15-7-4-3-5-8-15)23-21(27)24-19-16-10-6-9-14(16)11-12-17(19)28-2/h3-5,7-8,11-12,18H,6,9-10H2,1-2H3,(H,22,25,26)(H2,23,24,27). The lowest BCUT2D eigenvalue weighted by Gasteiger charge is -2.19. The molecule has 1 heterocycles. The predicted molar refractivity (Wildman–Crippen MR) is 107 cm³/mol. The van der Waals surface area contributed by atoms with Gasteiger partial charge in [-0.1, -0.05) is 36.4 Å². The molecule has 144 valence electrons. The van der Waals surface area contributed by atoms with Gasteiger partial charge in [0.2, 0.25) is 0 Å². The highest BCUT2D eigenvalue weighted by atomic mass is 16.5. The lowest BCUT2D eigenvalue weighted by atomic mass is 10.1. The molecule has 4 rings (SSSR count). The van der Waals surface area contributed by atoms with Crippen LogP contribution in [0.1, 0.15) is 40.8 Å². The summed E-state index contributed by atoms with van der Waals surface area (Å²) in [5, 5.41) is 13.1. The van der Waals surface area contributed by atoms with E-state index in [0.717, 1.165) is 36.1 Å². The minimum Gasteiger partial charge on any atom is -0.495 e. The molecule has 0 fully saturated rings. The van der Waals surface area contributed by atoms with Crippen molar-refractivity contribution in [3.8, 4) is 5.75 Å². The molecule has 1 aliphatic carbocycles. The van der Waals surface area contributed by atoms with Crippen molar-refractivity contribution in [2.24, 2.45) is 0 Å². The first-order valence-corrected chi connectivity index (χ1v) is 9.36. The van der Waals surface area contributed by atoms with Crippen molar-refractivity contribution in [3.05, 3.63) is 70.8 Å². The van der Waals surface area contributed by atoms with Gasteiger partial charge in [-0.05, 0) is 48.9 Å². The molecule has 1 atom stereocenters. The van der Waals surface area contributed by atoms with Crippen LogP contribution in [0.15, 0.2) is 42.5 Å². The van der Waals surface area contributed by atoms with Crippen LogP contribution in [0.2, 0.25) is 0 Å². The fourth-order valence-electron chi connectivity index (χ4n) is 3.66. The number of rotatable bonds is 5. The van der Waals surface area contributed by atoms with Crippen LogP contribution in [0.5, 0.6) is 5.75 Å². The number of anilines is 1. The molecule has 1 unspecified atom stereocenters. The number of nitrogens with zero attached hydrogens (tertiary/aromatic N) is 2. The van der Waals surface area contributed by atoms with Crippen molar-refractivity contribution in [1.29, 1.82) is 0 Å². The van der Waals surface area contributed by atoms with Gasteiger partial charge in [0, 0.05) is 0 Å². The molecule has 7 heteroatoms. The molecule has 0 saturated heterocycles. The number of H-pyrrole nitrogens is 1. The molecule has 0 bridgehead atoms. The van der Waals surface area contributed by atoms with E-state index < -0.39 is 6.04 Å². The van der Waals surface area contributed by atoms with Crippen LogP contribution in [-0.2, 0) is 12.8 Å². The summed E-state index contributed by atoms with van der Waals surface area (Å²) in [7, 11) is 1.61. The second kappa shape index (κ2) is 7.72. The Hall–Kier alpha value is -3.35. The average Bonchev–Trinajstić information content (AvgIpc) is 3.36. The van der Waals surface area contributed by atoms with Gasteiger partial charge in [-0.3, -0.25) is 5.10 Å². The number of aromatic amines is 1. The van der Waals surface area contributed by atoms with E-state index in [-0.39, 0.29) is 6.03 Å². The minimum atomic E-state index is -0.464. The van der Waals surface area contributed by atoms with E-state index in [1.165, 1.54) is 5.56 Å². The third kappa shape index (κ3) is 3.55. The van der Waals surface area contributed by atoms with Crippen LogP contribution in [0.4, 0.5) is 10.5 Å². The second-order valence-corrected chi connectivity index (χ2v) is 6.86. The topological polar surface area (TPSA) is 91.9 Å². The number of nitrogens with one attached hydrogen (secondary N) is 3. The molecular formula is C21H23N5O2. The summed E-state index contributed by atoms with van der Waals surface area (Å²) in [6.45, 7) is 1.83. The number of carbonyl (C=O) groups excluding carboxylic acids is 1. The van der Waals surface area contributed by atoms with Gasteiger partial charge in [0.1, 0.15) is 17.6 Å². The Balaban J connectivity index is 1.60. The summed E-state index contributed by atoms with van der Waals surface area (Å²) in [5.74, 6) is 1.88. The molecule has 0 aliphatic heterocycles. The minimum absolute atomic E-state index is 0.324. The van der Waals surface area contributed by atoms with Gasteiger partial charge in [0.25, 0.3) is 0 Å². The van der Waals surface area contributed by atoms with Gasteiger partial charge >= 0.3 is 6.03 Å². The Labute approximate surface area is 163 Å². The summed E-state index contributed by atoms with van der Waals surface area (Å²) in [6, 6.07) is 12.9. The van der Waals surface area contributed by atoms with Crippen molar-refractivity contribution in [1.82, 2.24) is 20.5 Å². The summed E-state index contributed by atoms with van der Waals surface area (Å²) in [6.07, 6.45) is 3.05. The van der Waals surface area contributed by atoms with Gasteiger partial charge in [-0.2, -0.15) is 5.10 Å². The van der Waals surface area contributed by atoms with Crippen molar-refractivity contribution in [3.63, 3.8) is 0 Å². The fraction of sp³-hybridized carbons (Fsp3) is 0.286. The summed E-state index contributed by atoms with van der Waals surface area (Å²) < 4.78 is 5.48. The zero-order chi connectivity index (χ0) is 19.5. The number of methoxy groups -OCH3 is 1. The highest BCUT2D eigenvalue weighted by Crippen LogP contribution is 2.36. The Morgan fingerprint density at radius 2 is 2.00 bits per heavy atom. The van der Waals surface area contributed by atoms with Crippen LogP contribution in [0.3, 0.4) is 0 Å². The third-order valence-corrected chi connectivity index (χ3v) is 4.98. The monoisotopic (exact) mass is 377 g/mol. The van der Waals surface area contributed by atoms with Crippen molar-refractivity contribution in [2.45, 2.75) is 32.2 Å². The predicted octanol–water partition coefficient (Wildman–Crippen LogP) is 3.52. The van der Waals surface area contributed by atoms with E-state index in [1.54, 1.807) is 7.11 Å². The number of fused-ring (bicyclic) bond motifs is 1. The molecule has 0 saturated carbocycles. The van der Waals surface area contributed by atoms with Crippen LogP contribution < -0.4 is 15.4 Å². The molecule has 0 spiro atoms. The number of aromatic nitrogens is 3. The number of ether oxygens (including phenoxy) is 1. The molecule has 3 aromatic rings. The molecule has 2 aromatic carbocycles. The molecule has 0 radical (unpaired) electrons. The smallest absolute Gasteiger partial charge is 0.320 e. The summed E-state index contributed by atoms with van der Waals surface area (Å²) in [5.41, 5.74) is 4.06. The van der Waals surface area contributed by atoms with Crippen LogP contribution >= 0.6 is 0 Å². The van der Waals surface area contributed by atoms with Gasteiger partial charge in [-0.15, -0.1) is 0 Å². The fourth-order valence-corrected chi connectivity index (χ4v) is 3.66. The zero-order valence-corrected chi connectivity index (χ0v) is 16.0. The number of benzene rings is 2. The number of hydrogen-bond acceptors (Lipinski definition) is 4. The molecule has 28 heavy (non-hydrogen) atoms. The maximum Gasteiger partial charge on any atom is 0.320 e. The quantitative estimate of drug-likeness (QED) is 0.634. The van der Waals surface area contributed by atoms with Gasteiger partial charge in [-0.25, -0.2) is 9.78 Å². The van der Waals surface area contributed by atoms with Gasteiger partial charge in [0.15, 0.2) is 5.82 Å². The first kappa shape index (κ1) is 18.0. The lowest BCUT2D eigenvalue weighted by molar-refractivity contribution is 0.249. The normalized spacial score (nSPS) is 13.6. The van der Waals surface area contributed by atoms with E-state index >= 15 is 0 Å². The SMILES string of the molecule is COc1ccc2c(c1NC(=O)NC(c1ccccc1)c1n[nH]c(C)n1)CCC2. The number of aryl methyl sites for hydroxylation is 2. The molecule has 3 N–H and O–H groups in total. The number of hydrogen-bond donors (Lipinski definition) is 3. The first-order valence-electron chi connectivity index (χ1n) is 9.36. The van der Waals surface area contributed by atoms with E-state index in [1.807, 2.05) is 43.3 Å². The van der Waals surface area contributed by atoms with Gasteiger partial charge in [0.05, 0.1) is 12.8 Å². The van der Waals surface area contributed by atoms with E-state index in [4.69, 9.17) is 4.74 Å². The molecule has 1 aliphatic rings. The van der Waals surface area contributed by atoms with Crippen molar-refractivity contribution < 1.29 is 9.53 Å². The Kier molecular flexibility index (Phi) is 4.97. The number of carbonyl (C=O) groups is 1. The third-order valence-electron chi connectivity index (χ3n) is 4.98. The molecule has 7 nitrogen and oxygen atoms in total.